The molecule has 2 aromatic carbocycles. The van der Waals surface area contributed by atoms with Gasteiger partial charge in [0.15, 0.2) is 0 Å². The number of para-hydroxylation sites is 1. The standard InChI is InChI=1S/C27H25ClN4O3/c1-15-23-25(31-35-15)24-19(28)9-5-11-22(24)32(27(23)34)18-8-4-6-16(12-18)14-29-26(33)21-13-17-7-2-3-10-20(17)30-21/h2-3,5,7,9-11,13,16,18,30H,4,6,8,12,14H2,1H3,(H,29,33)/t16-,18+/m1/s1. The minimum absolute atomic E-state index is 0.00546. The molecule has 1 aliphatic carbocycles. The fourth-order valence-electron chi connectivity index (χ4n) is 5.55. The minimum Gasteiger partial charge on any atom is -0.360 e. The summed E-state index contributed by atoms with van der Waals surface area (Å²) in [4.78, 5) is 29.6. The van der Waals surface area contributed by atoms with Gasteiger partial charge in [0.1, 0.15) is 22.4 Å². The first-order chi connectivity index (χ1) is 17.0. The number of pyridine rings is 1. The average Bonchev–Trinajstić information content (AvgIpc) is 3.47. The molecule has 1 saturated carbocycles. The van der Waals surface area contributed by atoms with Crippen LogP contribution in [0.25, 0.3) is 32.7 Å². The fraction of sp³-hybridized carbons (Fsp3) is 0.296. The molecular weight excluding hydrogens is 464 g/mol. The van der Waals surface area contributed by atoms with Crippen LogP contribution in [0.5, 0.6) is 0 Å². The topological polar surface area (TPSA) is 92.9 Å². The number of fused-ring (bicyclic) bond motifs is 4. The first kappa shape index (κ1) is 21.9. The van der Waals surface area contributed by atoms with Gasteiger partial charge in [-0.2, -0.15) is 0 Å². The van der Waals surface area contributed by atoms with E-state index in [2.05, 4.69) is 15.5 Å². The van der Waals surface area contributed by atoms with Crippen LogP contribution in [-0.4, -0.2) is 27.2 Å². The number of amides is 1. The maximum Gasteiger partial charge on any atom is 0.267 e. The summed E-state index contributed by atoms with van der Waals surface area (Å²) in [6.45, 7) is 2.32. The zero-order valence-electron chi connectivity index (χ0n) is 19.3. The third-order valence-electron chi connectivity index (χ3n) is 7.23. The van der Waals surface area contributed by atoms with Gasteiger partial charge in [0.25, 0.3) is 11.5 Å². The molecule has 0 bridgehead atoms. The van der Waals surface area contributed by atoms with Gasteiger partial charge in [-0.05, 0) is 56.4 Å². The van der Waals surface area contributed by atoms with E-state index >= 15 is 0 Å². The van der Waals surface area contributed by atoms with Gasteiger partial charge in [-0.25, -0.2) is 0 Å². The Morgan fingerprint density at radius 2 is 2.06 bits per heavy atom. The van der Waals surface area contributed by atoms with Crippen molar-refractivity contribution in [2.45, 2.75) is 38.6 Å². The van der Waals surface area contributed by atoms with Gasteiger partial charge < -0.3 is 19.4 Å². The summed E-state index contributed by atoms with van der Waals surface area (Å²) in [7, 11) is 0. The number of aromatic amines is 1. The Morgan fingerprint density at radius 1 is 1.20 bits per heavy atom. The molecule has 35 heavy (non-hydrogen) atoms. The van der Waals surface area contributed by atoms with Crippen molar-refractivity contribution in [3.63, 3.8) is 0 Å². The lowest BCUT2D eigenvalue weighted by atomic mass is 9.85. The quantitative estimate of drug-likeness (QED) is 0.337. The zero-order chi connectivity index (χ0) is 24.1. The molecule has 3 aromatic heterocycles. The van der Waals surface area contributed by atoms with Gasteiger partial charge in [-0.3, -0.25) is 9.59 Å². The van der Waals surface area contributed by atoms with Gasteiger partial charge >= 0.3 is 0 Å². The molecule has 0 saturated heterocycles. The van der Waals surface area contributed by atoms with Crippen LogP contribution in [0.1, 0.15) is 48.0 Å². The highest BCUT2D eigenvalue weighted by Crippen LogP contribution is 2.37. The molecule has 1 aliphatic rings. The number of aromatic nitrogens is 3. The number of aryl methyl sites for hydroxylation is 1. The summed E-state index contributed by atoms with van der Waals surface area (Å²) in [6.07, 6.45) is 3.67. The maximum absolute atomic E-state index is 13.6. The highest BCUT2D eigenvalue weighted by molar-refractivity contribution is 6.37. The van der Waals surface area contributed by atoms with Crippen molar-refractivity contribution in [1.29, 1.82) is 0 Å². The second-order valence-corrected chi connectivity index (χ2v) is 9.85. The number of rotatable bonds is 4. The monoisotopic (exact) mass is 488 g/mol. The highest BCUT2D eigenvalue weighted by Gasteiger charge is 2.28. The average molecular weight is 489 g/mol. The fourth-order valence-corrected chi connectivity index (χ4v) is 5.80. The predicted octanol–water partition coefficient (Wildman–Crippen LogP) is 5.75. The van der Waals surface area contributed by atoms with Gasteiger partial charge in [0.05, 0.1) is 10.5 Å². The predicted molar refractivity (Wildman–Crippen MR) is 137 cm³/mol. The molecule has 7 nitrogen and oxygen atoms in total. The Labute approximate surface area is 206 Å². The number of benzene rings is 2. The summed E-state index contributed by atoms with van der Waals surface area (Å²) in [5, 5.41) is 10.0. The van der Waals surface area contributed by atoms with Gasteiger partial charge in [-0.1, -0.05) is 47.4 Å². The minimum atomic E-state index is -0.112. The number of nitrogens with one attached hydrogen (secondary N) is 2. The number of carbonyl (C=O) groups excluding carboxylic acids is 1. The molecule has 0 spiro atoms. The molecule has 3 heterocycles. The van der Waals surface area contributed by atoms with Crippen LogP contribution in [0, 0.1) is 12.8 Å². The van der Waals surface area contributed by atoms with Gasteiger partial charge in [0, 0.05) is 28.9 Å². The molecule has 2 atom stereocenters. The lowest BCUT2D eigenvalue weighted by Crippen LogP contribution is -2.35. The first-order valence-electron chi connectivity index (χ1n) is 12.0. The van der Waals surface area contributed by atoms with Crippen LogP contribution >= 0.6 is 11.6 Å². The number of nitrogens with zero attached hydrogens (tertiary/aromatic N) is 2. The largest absolute Gasteiger partial charge is 0.360 e. The number of carbonyl (C=O) groups is 1. The third kappa shape index (κ3) is 3.71. The van der Waals surface area contributed by atoms with Crippen molar-refractivity contribution in [2.24, 2.45) is 5.92 Å². The van der Waals surface area contributed by atoms with Crippen molar-refractivity contribution in [2.75, 3.05) is 6.54 Å². The van der Waals surface area contributed by atoms with Crippen molar-refractivity contribution < 1.29 is 9.32 Å². The van der Waals surface area contributed by atoms with Crippen LogP contribution in [0.4, 0.5) is 0 Å². The molecule has 0 unspecified atom stereocenters. The summed E-state index contributed by atoms with van der Waals surface area (Å²) in [5.74, 6) is 0.653. The molecule has 178 valence electrons. The second kappa shape index (κ2) is 8.57. The van der Waals surface area contributed by atoms with Crippen LogP contribution in [0.15, 0.2) is 57.8 Å². The Hall–Kier alpha value is -3.58. The molecular formula is C27H25ClN4O3. The second-order valence-electron chi connectivity index (χ2n) is 9.44. The number of hydrogen-bond acceptors (Lipinski definition) is 4. The van der Waals surface area contributed by atoms with Crippen molar-refractivity contribution in [3.05, 3.63) is 75.4 Å². The third-order valence-corrected chi connectivity index (χ3v) is 7.54. The highest BCUT2D eigenvalue weighted by atomic mass is 35.5. The van der Waals surface area contributed by atoms with Crippen LogP contribution < -0.4 is 10.9 Å². The smallest absolute Gasteiger partial charge is 0.267 e. The summed E-state index contributed by atoms with van der Waals surface area (Å²) in [6, 6.07) is 15.3. The van der Waals surface area contributed by atoms with E-state index in [0.29, 0.717) is 33.9 Å². The van der Waals surface area contributed by atoms with Crippen molar-refractivity contribution in [1.82, 2.24) is 20.0 Å². The van der Waals surface area contributed by atoms with Crippen molar-refractivity contribution >= 4 is 50.2 Å². The Balaban J connectivity index is 1.28. The normalized spacial score (nSPS) is 18.5. The lowest BCUT2D eigenvalue weighted by Gasteiger charge is -2.31. The van der Waals surface area contributed by atoms with E-state index in [4.69, 9.17) is 16.1 Å². The van der Waals surface area contributed by atoms with E-state index in [0.717, 1.165) is 47.5 Å². The summed E-state index contributed by atoms with van der Waals surface area (Å²) >= 11 is 6.56. The van der Waals surface area contributed by atoms with E-state index in [1.807, 2.05) is 53.1 Å². The molecule has 1 fully saturated rings. The van der Waals surface area contributed by atoms with Gasteiger partial charge in [-0.15, -0.1) is 0 Å². The Morgan fingerprint density at radius 3 is 2.91 bits per heavy atom. The molecule has 5 aromatic rings. The number of halogens is 1. The maximum atomic E-state index is 13.6. The number of H-pyrrole nitrogens is 1. The van der Waals surface area contributed by atoms with E-state index in [1.165, 1.54) is 0 Å². The Kier molecular flexibility index (Phi) is 5.37. The van der Waals surface area contributed by atoms with E-state index in [9.17, 15) is 9.59 Å². The summed E-state index contributed by atoms with van der Waals surface area (Å²) < 4.78 is 7.25. The van der Waals surface area contributed by atoms with E-state index in [1.54, 1.807) is 6.92 Å². The zero-order valence-corrected chi connectivity index (χ0v) is 20.1. The summed E-state index contributed by atoms with van der Waals surface area (Å²) in [5.41, 5.74) is 2.70. The molecule has 6 rings (SSSR count). The Bertz CT molecular complexity index is 1610. The lowest BCUT2D eigenvalue weighted by molar-refractivity contribution is 0.0936. The van der Waals surface area contributed by atoms with Crippen LogP contribution in [-0.2, 0) is 0 Å². The molecule has 0 aliphatic heterocycles. The van der Waals surface area contributed by atoms with Crippen LogP contribution in [0.2, 0.25) is 5.02 Å². The van der Waals surface area contributed by atoms with Crippen LogP contribution in [0.3, 0.4) is 0 Å². The SMILES string of the molecule is Cc1onc2c1c(=O)n([C@H]1CCC[C@@H](CNC(=O)c3cc4ccccc4[nH]3)C1)c1cccc(Cl)c21. The van der Waals surface area contributed by atoms with Crippen molar-refractivity contribution in [3.8, 4) is 0 Å². The molecule has 1 amide bonds. The number of hydrogen-bond donors (Lipinski definition) is 2. The molecule has 2 N–H and O–H groups in total. The van der Waals surface area contributed by atoms with Gasteiger partial charge in [0.2, 0.25) is 0 Å². The van der Waals surface area contributed by atoms with E-state index in [-0.39, 0.29) is 23.4 Å². The first-order valence-corrected chi connectivity index (χ1v) is 12.3. The van der Waals surface area contributed by atoms with E-state index < -0.39 is 0 Å². The molecule has 8 heteroatoms. The molecule has 0 radical (unpaired) electrons.